The zero-order valence-corrected chi connectivity index (χ0v) is 25.8. The molecule has 36 heavy (non-hydrogen) atoms. The highest BCUT2D eigenvalue weighted by Gasteiger charge is 2.28. The van der Waals surface area contributed by atoms with Crippen LogP contribution in [-0.2, 0) is 14.4 Å². The second-order valence-corrected chi connectivity index (χ2v) is 14.5. The molecule has 8 heteroatoms. The van der Waals surface area contributed by atoms with Crippen LogP contribution in [0.15, 0.2) is 20.3 Å². The smallest absolute Gasteiger partial charge is 0.188 e. The van der Waals surface area contributed by atoms with E-state index in [0.717, 1.165) is 45.0 Å². The van der Waals surface area contributed by atoms with Gasteiger partial charge in [-0.2, -0.15) is 0 Å². The predicted octanol–water partition coefficient (Wildman–Crippen LogP) is 7.26. The van der Waals surface area contributed by atoms with Crippen molar-refractivity contribution in [1.82, 2.24) is 0 Å². The molecule has 4 rings (SSSR count). The second kappa shape index (κ2) is 13.8. The summed E-state index contributed by atoms with van der Waals surface area (Å²) in [6.07, 6.45) is 4.08. The molecular weight excluding hydrogens is 472 g/mol. The lowest BCUT2D eigenvalue weighted by atomic mass is 9.88. The van der Waals surface area contributed by atoms with Crippen molar-refractivity contribution in [2.45, 2.75) is 102 Å². The molecule has 0 saturated heterocycles. The Morgan fingerprint density at radius 3 is 1.69 bits per heavy atom. The summed E-state index contributed by atoms with van der Waals surface area (Å²) in [7, 11) is 0. The highest BCUT2D eigenvalue weighted by Crippen LogP contribution is 2.28. The van der Waals surface area contributed by atoms with E-state index >= 15 is 0 Å². The number of ether oxygens (including phenoxy) is 1. The zero-order chi connectivity index (χ0) is 27.6. The van der Waals surface area contributed by atoms with Crippen LogP contribution in [0.3, 0.4) is 0 Å². The predicted molar refractivity (Wildman–Crippen MR) is 157 cm³/mol. The molecule has 0 amide bonds. The minimum Gasteiger partial charge on any atom is -0.479 e. The zero-order valence-electron chi connectivity index (χ0n) is 25.0. The van der Waals surface area contributed by atoms with Crippen molar-refractivity contribution in [3.63, 3.8) is 0 Å². The van der Waals surface area contributed by atoms with E-state index in [1.165, 1.54) is 16.5 Å². The minimum atomic E-state index is 0.108. The van der Waals surface area contributed by atoms with Crippen LogP contribution >= 0.6 is 11.8 Å². The largest absolute Gasteiger partial charge is 0.479 e. The monoisotopic (exact) mass is 524 g/mol. The number of hydrogen-bond donors (Lipinski definition) is 0. The van der Waals surface area contributed by atoms with Crippen LogP contribution < -0.4 is 0 Å². The Kier molecular flexibility index (Phi) is 12.5. The van der Waals surface area contributed by atoms with Gasteiger partial charge in [0.2, 0.25) is 0 Å². The van der Waals surface area contributed by atoms with E-state index < -0.39 is 0 Å². The Bertz CT molecular complexity index is 703. The van der Waals surface area contributed by atoms with Crippen LogP contribution in [0.1, 0.15) is 95.9 Å². The molecule has 0 N–H and O–H groups in total. The van der Waals surface area contributed by atoms with E-state index in [1.54, 1.807) is 0 Å². The summed E-state index contributed by atoms with van der Waals surface area (Å²) in [6, 6.07) is 0. The molecule has 0 aromatic heterocycles. The van der Waals surface area contributed by atoms with Crippen molar-refractivity contribution in [2.75, 3.05) is 32.1 Å². The van der Waals surface area contributed by atoms with Gasteiger partial charge in [0.1, 0.15) is 19.3 Å². The van der Waals surface area contributed by atoms with Crippen molar-refractivity contribution in [3.05, 3.63) is 0 Å². The fraction of sp³-hybridized carbons (Fsp3) is 0.857. The third kappa shape index (κ3) is 12.6. The Morgan fingerprint density at radius 1 is 0.806 bits per heavy atom. The van der Waals surface area contributed by atoms with Gasteiger partial charge in [0.15, 0.2) is 5.90 Å². The molecule has 0 spiro atoms. The van der Waals surface area contributed by atoms with Crippen molar-refractivity contribution in [2.24, 2.45) is 42.0 Å². The molecule has 0 fully saturated rings. The summed E-state index contributed by atoms with van der Waals surface area (Å²) in [5, 5.41) is 8.95. The molecule has 4 aliphatic rings. The number of oxime groups is 2. The molecule has 4 heterocycles. The maximum absolute atomic E-state index is 5.27. The van der Waals surface area contributed by atoms with E-state index in [9.17, 15) is 0 Å². The molecule has 4 aliphatic heterocycles. The Morgan fingerprint density at radius 2 is 1.47 bits per heavy atom. The van der Waals surface area contributed by atoms with Crippen LogP contribution in [0.2, 0.25) is 0 Å². The Hall–Kier alpha value is -1.57. The number of hydrogen-bond acceptors (Lipinski definition) is 8. The Labute approximate surface area is 225 Å². The quantitative estimate of drug-likeness (QED) is 0.334. The molecule has 0 aromatic rings. The van der Waals surface area contributed by atoms with Gasteiger partial charge in [-0.15, -0.1) is 11.8 Å². The van der Waals surface area contributed by atoms with Gasteiger partial charge < -0.3 is 14.4 Å². The summed E-state index contributed by atoms with van der Waals surface area (Å²) < 4.78 is 5.27. The summed E-state index contributed by atoms with van der Waals surface area (Å²) in [4.78, 5) is 18.5. The topological polar surface area (TPSA) is 77.1 Å². The van der Waals surface area contributed by atoms with Crippen LogP contribution in [0.4, 0.5) is 0 Å². The van der Waals surface area contributed by atoms with Gasteiger partial charge in [0, 0.05) is 53.0 Å². The first-order valence-corrected chi connectivity index (χ1v) is 14.1. The highest BCUT2D eigenvalue weighted by molar-refractivity contribution is 8.14. The van der Waals surface area contributed by atoms with E-state index in [2.05, 4.69) is 103 Å². The molecule has 7 nitrogen and oxygen atoms in total. The van der Waals surface area contributed by atoms with Crippen molar-refractivity contribution in [1.29, 1.82) is 0 Å². The number of aliphatic imine (C=N–C) groups is 2. The molecule has 0 saturated carbocycles. The van der Waals surface area contributed by atoms with Crippen molar-refractivity contribution < 1.29 is 14.4 Å². The standard InChI is InChI=1S/3C7H13NO.C7H13NS/c1-7(2,3)6-8-4-5-9-6;1-7(2,3)6-4-5-9-8-6;1-7(2,3)6-4-5-8-9-6;1-7(2,3)6-8-4-5-9-6/h2*4-5H2,1-3H3;5-6H,4H2,1-3H3;4-5H2,1-3H3. The van der Waals surface area contributed by atoms with Gasteiger partial charge in [0.25, 0.3) is 0 Å². The minimum absolute atomic E-state index is 0.108. The van der Waals surface area contributed by atoms with Gasteiger partial charge in [-0.05, 0) is 0 Å². The lowest BCUT2D eigenvalue weighted by molar-refractivity contribution is 0.00831. The summed E-state index contributed by atoms with van der Waals surface area (Å²) in [6.45, 7) is 29.3. The average Bonchev–Trinajstić information content (AvgIpc) is 3.57. The fourth-order valence-corrected chi connectivity index (χ4v) is 4.20. The van der Waals surface area contributed by atoms with Gasteiger partial charge in [-0.25, -0.2) is 0 Å². The molecule has 0 aromatic carbocycles. The molecular formula is C28H52N4O3S. The van der Waals surface area contributed by atoms with Gasteiger partial charge >= 0.3 is 0 Å². The van der Waals surface area contributed by atoms with Crippen molar-refractivity contribution in [3.8, 4) is 0 Å². The number of thioether (sulfide) groups is 1. The highest BCUT2D eigenvalue weighted by atomic mass is 32.2. The van der Waals surface area contributed by atoms with Gasteiger partial charge in [-0.1, -0.05) is 93.4 Å². The van der Waals surface area contributed by atoms with Crippen LogP contribution in [0.25, 0.3) is 0 Å². The van der Waals surface area contributed by atoms with Crippen LogP contribution in [0, 0.1) is 21.7 Å². The van der Waals surface area contributed by atoms with Crippen LogP contribution in [0.5, 0.6) is 0 Å². The molecule has 0 bridgehead atoms. The normalized spacial score (nSPS) is 21.2. The second-order valence-electron chi connectivity index (χ2n) is 13.4. The van der Waals surface area contributed by atoms with E-state index in [-0.39, 0.29) is 22.3 Å². The first kappa shape index (κ1) is 32.5. The summed E-state index contributed by atoms with van der Waals surface area (Å²) in [5.41, 5.74) is 2.02. The SMILES string of the molecule is CC(C)(C)C1=NCCO1.CC(C)(C)C1=NCCS1.CC(C)(C)C1=NOCC1.CC(C)(C)C1CC=NO1. The molecule has 0 radical (unpaired) electrons. The molecule has 1 unspecified atom stereocenters. The lowest BCUT2D eigenvalue weighted by Crippen LogP contribution is -2.25. The fourth-order valence-electron chi connectivity index (χ4n) is 3.21. The summed E-state index contributed by atoms with van der Waals surface area (Å²) >= 11 is 1.90. The first-order chi connectivity index (χ1) is 16.4. The van der Waals surface area contributed by atoms with Crippen molar-refractivity contribution >= 4 is 34.6 Å². The van der Waals surface area contributed by atoms with E-state index in [0.29, 0.717) is 5.41 Å². The lowest BCUT2D eigenvalue weighted by Gasteiger charge is -2.23. The Balaban J connectivity index is 0.000000240. The number of nitrogens with zero attached hydrogens (tertiary/aromatic N) is 4. The van der Waals surface area contributed by atoms with Gasteiger partial charge in [-0.3, -0.25) is 9.98 Å². The van der Waals surface area contributed by atoms with Gasteiger partial charge in [0.05, 0.1) is 17.3 Å². The third-order valence-corrected chi connectivity index (χ3v) is 6.87. The first-order valence-electron chi connectivity index (χ1n) is 13.1. The third-order valence-electron chi connectivity index (χ3n) is 5.47. The maximum Gasteiger partial charge on any atom is 0.188 e. The molecule has 1 atom stereocenters. The summed E-state index contributed by atoms with van der Waals surface area (Å²) in [5.74, 6) is 2.09. The average molecular weight is 525 g/mol. The van der Waals surface area contributed by atoms with Crippen LogP contribution in [-0.4, -0.2) is 61.0 Å². The number of rotatable bonds is 0. The maximum atomic E-state index is 5.27. The molecule has 208 valence electrons. The molecule has 0 aliphatic carbocycles. The van der Waals surface area contributed by atoms with E-state index in [1.807, 2.05) is 18.0 Å². The van der Waals surface area contributed by atoms with E-state index in [4.69, 9.17) is 14.4 Å².